The molecule has 2 aliphatic rings. The van der Waals surface area contributed by atoms with Gasteiger partial charge in [0.15, 0.2) is 5.78 Å². The maximum absolute atomic E-state index is 13.4. The smallest absolute Gasteiger partial charge is 0.315 e. The Morgan fingerprint density at radius 3 is 2.12 bits per heavy atom. The summed E-state index contributed by atoms with van der Waals surface area (Å²) in [6, 6.07) is 0.520. The zero-order chi connectivity index (χ0) is 29.9. The second-order valence-electron chi connectivity index (χ2n) is 13.5. The van der Waals surface area contributed by atoms with Crippen molar-refractivity contribution in [3.05, 3.63) is 0 Å². The van der Waals surface area contributed by atoms with Gasteiger partial charge >= 0.3 is 12.0 Å². The third kappa shape index (κ3) is 12.1. The van der Waals surface area contributed by atoms with Gasteiger partial charge in [0, 0.05) is 37.5 Å². The van der Waals surface area contributed by atoms with Crippen molar-refractivity contribution >= 4 is 23.7 Å². The van der Waals surface area contributed by atoms with Gasteiger partial charge in [-0.05, 0) is 83.0 Å². The molecule has 0 saturated heterocycles. The van der Waals surface area contributed by atoms with Crippen molar-refractivity contribution in [1.29, 1.82) is 0 Å². The molecular formula is C31H56N4O5. The van der Waals surface area contributed by atoms with E-state index in [0.29, 0.717) is 24.8 Å². The fourth-order valence-corrected chi connectivity index (χ4v) is 5.90. The number of carboxylic acids is 1. The van der Waals surface area contributed by atoms with Crippen molar-refractivity contribution in [3.8, 4) is 0 Å². The van der Waals surface area contributed by atoms with Crippen LogP contribution in [-0.2, 0) is 14.4 Å². The molecule has 0 radical (unpaired) electrons. The molecule has 2 unspecified atom stereocenters. The van der Waals surface area contributed by atoms with Crippen LogP contribution < -0.4 is 16.0 Å². The Hall–Kier alpha value is -2.16. The van der Waals surface area contributed by atoms with E-state index in [1.54, 1.807) is 4.90 Å². The molecule has 40 heavy (non-hydrogen) atoms. The second kappa shape index (κ2) is 16.3. The summed E-state index contributed by atoms with van der Waals surface area (Å²) in [5.74, 6) is -0.134. The number of urea groups is 1. The van der Waals surface area contributed by atoms with Crippen LogP contribution in [0.2, 0.25) is 0 Å². The van der Waals surface area contributed by atoms with Gasteiger partial charge in [-0.25, -0.2) is 4.79 Å². The van der Waals surface area contributed by atoms with Gasteiger partial charge in [0.1, 0.15) is 0 Å². The van der Waals surface area contributed by atoms with E-state index < -0.39 is 11.5 Å². The van der Waals surface area contributed by atoms with Crippen molar-refractivity contribution < 1.29 is 24.3 Å². The van der Waals surface area contributed by atoms with Crippen molar-refractivity contribution in [2.75, 3.05) is 13.1 Å². The number of ketones is 1. The van der Waals surface area contributed by atoms with Crippen LogP contribution in [0.1, 0.15) is 119 Å². The molecule has 4 N–H and O–H groups in total. The quantitative estimate of drug-likeness (QED) is 0.225. The van der Waals surface area contributed by atoms with Gasteiger partial charge in [0.2, 0.25) is 5.91 Å². The summed E-state index contributed by atoms with van der Waals surface area (Å²) < 4.78 is 0. The van der Waals surface area contributed by atoms with Crippen LogP contribution in [0.3, 0.4) is 0 Å². The van der Waals surface area contributed by atoms with Gasteiger partial charge in [0.25, 0.3) is 0 Å². The molecule has 9 nitrogen and oxygen atoms in total. The highest BCUT2D eigenvalue weighted by Gasteiger charge is 2.34. The van der Waals surface area contributed by atoms with E-state index in [-0.39, 0.29) is 61.2 Å². The van der Waals surface area contributed by atoms with Crippen molar-refractivity contribution in [2.45, 2.75) is 142 Å². The average molecular weight is 565 g/mol. The molecule has 2 rings (SSSR count). The minimum Gasteiger partial charge on any atom is -0.481 e. The van der Waals surface area contributed by atoms with Crippen LogP contribution in [0, 0.1) is 17.8 Å². The highest BCUT2D eigenvalue weighted by Crippen LogP contribution is 2.25. The fourth-order valence-electron chi connectivity index (χ4n) is 5.90. The number of rotatable bonds is 15. The number of hydrogen-bond acceptors (Lipinski definition) is 5. The second-order valence-corrected chi connectivity index (χ2v) is 13.5. The third-order valence-corrected chi connectivity index (χ3v) is 8.79. The molecule has 3 atom stereocenters. The summed E-state index contributed by atoms with van der Waals surface area (Å²) in [6.45, 7) is 12.6. The number of carbonyl (C=O) groups excluding carboxylic acids is 3. The number of amides is 3. The first-order valence-corrected chi connectivity index (χ1v) is 15.6. The van der Waals surface area contributed by atoms with Gasteiger partial charge in [0.05, 0.1) is 12.1 Å². The number of nitrogens with zero attached hydrogens (tertiary/aromatic N) is 1. The van der Waals surface area contributed by atoms with Crippen LogP contribution in [-0.4, -0.2) is 70.5 Å². The molecule has 2 saturated carbocycles. The highest BCUT2D eigenvalue weighted by molar-refractivity contribution is 5.92. The standard InChI is InChI=1S/C31H56N4O5/c1-21(2)17-18-35(28(37)16-11-22(3)19-29(38)39)20-27(36)31(5,6)34-25-14-12-24(13-15-25)32-30(40)33-26-10-8-7-9-23(26)4/h21-26,34H,7-20H2,1-6H3,(H,38,39)(H2,32,33,40)/t22-,23?,24?,25?,26?/m0/s1. The highest BCUT2D eigenvalue weighted by atomic mass is 16.4. The maximum atomic E-state index is 13.4. The third-order valence-electron chi connectivity index (χ3n) is 8.79. The number of nitrogens with one attached hydrogen (secondary N) is 3. The number of aliphatic carboxylic acids is 1. The van der Waals surface area contributed by atoms with Crippen LogP contribution in [0.25, 0.3) is 0 Å². The Bertz CT molecular complexity index is 838. The zero-order valence-electron chi connectivity index (χ0n) is 25.9. The first-order chi connectivity index (χ1) is 18.8. The molecule has 0 aliphatic heterocycles. The lowest BCUT2D eigenvalue weighted by Gasteiger charge is -2.37. The van der Waals surface area contributed by atoms with Gasteiger partial charge < -0.3 is 26.0 Å². The number of Topliss-reactive ketones (excluding diaryl/α,β-unsaturated/α-hetero) is 1. The van der Waals surface area contributed by atoms with Crippen molar-refractivity contribution in [2.24, 2.45) is 17.8 Å². The van der Waals surface area contributed by atoms with E-state index in [2.05, 4.69) is 36.7 Å². The molecule has 0 aromatic carbocycles. The minimum absolute atomic E-state index is 0.0237. The van der Waals surface area contributed by atoms with E-state index in [9.17, 15) is 19.2 Å². The van der Waals surface area contributed by atoms with Gasteiger partial charge in [-0.15, -0.1) is 0 Å². The minimum atomic E-state index is -0.859. The van der Waals surface area contributed by atoms with E-state index in [4.69, 9.17) is 5.11 Å². The summed E-state index contributed by atoms with van der Waals surface area (Å²) in [6.07, 6.45) is 9.72. The molecule has 230 valence electrons. The van der Waals surface area contributed by atoms with Crippen molar-refractivity contribution in [1.82, 2.24) is 20.9 Å². The molecule has 0 bridgehead atoms. The van der Waals surface area contributed by atoms with Crippen molar-refractivity contribution in [3.63, 3.8) is 0 Å². The summed E-state index contributed by atoms with van der Waals surface area (Å²) in [5.41, 5.74) is -0.785. The summed E-state index contributed by atoms with van der Waals surface area (Å²) in [4.78, 5) is 51.6. The van der Waals surface area contributed by atoms with E-state index in [0.717, 1.165) is 38.5 Å². The monoisotopic (exact) mass is 564 g/mol. The van der Waals surface area contributed by atoms with E-state index >= 15 is 0 Å². The molecule has 2 fully saturated rings. The Kier molecular flexibility index (Phi) is 13.9. The average Bonchev–Trinajstić information content (AvgIpc) is 2.86. The Balaban J connectivity index is 1.83. The van der Waals surface area contributed by atoms with Gasteiger partial charge in [-0.2, -0.15) is 0 Å². The maximum Gasteiger partial charge on any atom is 0.315 e. The molecule has 9 heteroatoms. The predicted molar refractivity (Wildman–Crippen MR) is 158 cm³/mol. The lowest BCUT2D eigenvalue weighted by atomic mass is 9.86. The lowest BCUT2D eigenvalue weighted by molar-refractivity contribution is -0.139. The topological polar surface area (TPSA) is 128 Å². The van der Waals surface area contributed by atoms with Gasteiger partial charge in [-0.1, -0.05) is 40.5 Å². The molecular weight excluding hydrogens is 508 g/mol. The fraction of sp³-hybridized carbons (Fsp3) is 0.871. The molecule has 0 aromatic heterocycles. The molecule has 0 aromatic rings. The zero-order valence-corrected chi connectivity index (χ0v) is 25.9. The summed E-state index contributed by atoms with van der Waals surface area (Å²) in [5, 5.41) is 18.9. The predicted octanol–water partition coefficient (Wildman–Crippen LogP) is 4.88. The Morgan fingerprint density at radius 2 is 1.52 bits per heavy atom. The van der Waals surface area contributed by atoms with Gasteiger partial charge in [-0.3, -0.25) is 14.4 Å². The number of carbonyl (C=O) groups is 4. The van der Waals surface area contributed by atoms with Crippen LogP contribution >= 0.6 is 0 Å². The summed E-state index contributed by atoms with van der Waals surface area (Å²) in [7, 11) is 0. The Morgan fingerprint density at radius 1 is 0.900 bits per heavy atom. The Labute approximate surface area is 242 Å². The molecule has 0 heterocycles. The van der Waals surface area contributed by atoms with E-state index in [1.165, 1.54) is 19.3 Å². The number of hydrogen-bond donors (Lipinski definition) is 4. The van der Waals surface area contributed by atoms with E-state index in [1.807, 2.05) is 20.8 Å². The number of carboxylic acid groups (broad SMARTS) is 1. The normalized spacial score (nSPS) is 24.3. The largest absolute Gasteiger partial charge is 0.481 e. The molecule has 0 spiro atoms. The van der Waals surface area contributed by atoms with Crippen LogP contribution in [0.4, 0.5) is 4.79 Å². The summed E-state index contributed by atoms with van der Waals surface area (Å²) >= 11 is 0. The van der Waals surface area contributed by atoms with Crippen LogP contribution in [0.5, 0.6) is 0 Å². The first-order valence-electron chi connectivity index (χ1n) is 15.6. The molecule has 3 amide bonds. The lowest BCUT2D eigenvalue weighted by Crippen LogP contribution is -2.57. The molecule has 2 aliphatic carbocycles. The first kappa shape index (κ1) is 34.0. The van der Waals surface area contributed by atoms with Crippen LogP contribution in [0.15, 0.2) is 0 Å². The SMILES string of the molecule is CC(C)CCN(CC(=O)C(C)(C)NC1CCC(NC(=O)NC2CCCCC2C)CC1)C(=O)CC[C@H](C)CC(=O)O.